The van der Waals surface area contributed by atoms with Gasteiger partial charge in [0, 0.05) is 12.0 Å². The van der Waals surface area contributed by atoms with E-state index in [-0.39, 0.29) is 18.4 Å². The van der Waals surface area contributed by atoms with Gasteiger partial charge in [-0.2, -0.15) is 0 Å². The topological polar surface area (TPSA) is 74.6 Å². The highest BCUT2D eigenvalue weighted by Gasteiger charge is 2.07. The van der Waals surface area contributed by atoms with Gasteiger partial charge >= 0.3 is 11.9 Å². The Kier molecular flexibility index (Phi) is 5.27. The number of allylic oxidation sites excluding steroid dienone is 3. The molecule has 0 aliphatic rings. The second-order valence-corrected chi connectivity index (χ2v) is 2.42. The van der Waals surface area contributed by atoms with Crippen LogP contribution < -0.4 is 0 Å². The predicted octanol–water partition coefficient (Wildman–Crippen LogP) is 1.44. The monoisotopic (exact) mass is 184 g/mol. The SMILES string of the molecule is CC=CC=C(CCC(=O)O)C(=O)O. The van der Waals surface area contributed by atoms with E-state index < -0.39 is 11.9 Å². The summed E-state index contributed by atoms with van der Waals surface area (Å²) < 4.78 is 0. The van der Waals surface area contributed by atoms with Crippen LogP contribution in [-0.4, -0.2) is 22.2 Å². The van der Waals surface area contributed by atoms with Crippen LogP contribution in [0.5, 0.6) is 0 Å². The third kappa shape index (κ3) is 5.66. The minimum atomic E-state index is -1.07. The van der Waals surface area contributed by atoms with Crippen molar-refractivity contribution in [1.82, 2.24) is 0 Å². The highest BCUT2D eigenvalue weighted by atomic mass is 16.4. The van der Waals surface area contributed by atoms with Gasteiger partial charge in [0.05, 0.1) is 0 Å². The van der Waals surface area contributed by atoms with E-state index in [2.05, 4.69) is 0 Å². The van der Waals surface area contributed by atoms with Crippen LogP contribution in [0.3, 0.4) is 0 Å². The summed E-state index contributed by atoms with van der Waals surface area (Å²) in [6.45, 7) is 1.76. The van der Waals surface area contributed by atoms with Crippen molar-refractivity contribution < 1.29 is 19.8 Å². The fourth-order valence-corrected chi connectivity index (χ4v) is 0.716. The lowest BCUT2D eigenvalue weighted by molar-refractivity contribution is -0.137. The Labute approximate surface area is 76.2 Å². The highest BCUT2D eigenvalue weighted by molar-refractivity contribution is 5.87. The highest BCUT2D eigenvalue weighted by Crippen LogP contribution is 2.05. The van der Waals surface area contributed by atoms with Gasteiger partial charge in [-0.25, -0.2) is 4.79 Å². The van der Waals surface area contributed by atoms with Gasteiger partial charge in [-0.15, -0.1) is 0 Å². The first-order valence-corrected chi connectivity index (χ1v) is 3.85. The molecule has 0 aliphatic heterocycles. The zero-order valence-electron chi connectivity index (χ0n) is 7.36. The molecule has 0 saturated heterocycles. The van der Waals surface area contributed by atoms with Crippen LogP contribution in [0, 0.1) is 0 Å². The summed E-state index contributed by atoms with van der Waals surface area (Å²) in [7, 11) is 0. The van der Waals surface area contributed by atoms with Crippen molar-refractivity contribution in [3.8, 4) is 0 Å². The molecule has 0 rings (SSSR count). The molecule has 0 radical (unpaired) electrons. The van der Waals surface area contributed by atoms with Gasteiger partial charge < -0.3 is 10.2 Å². The smallest absolute Gasteiger partial charge is 0.331 e. The number of carbonyl (C=O) groups is 2. The second kappa shape index (κ2) is 5.99. The molecule has 0 spiro atoms. The molecule has 0 amide bonds. The van der Waals surface area contributed by atoms with Crippen molar-refractivity contribution in [3.05, 3.63) is 23.8 Å². The molecular weight excluding hydrogens is 172 g/mol. The van der Waals surface area contributed by atoms with E-state index >= 15 is 0 Å². The third-order valence-electron chi connectivity index (χ3n) is 1.37. The Morgan fingerprint density at radius 1 is 1.23 bits per heavy atom. The van der Waals surface area contributed by atoms with Gasteiger partial charge in [0.2, 0.25) is 0 Å². The van der Waals surface area contributed by atoms with Gasteiger partial charge in [0.25, 0.3) is 0 Å². The Morgan fingerprint density at radius 3 is 2.23 bits per heavy atom. The van der Waals surface area contributed by atoms with Gasteiger partial charge in [-0.1, -0.05) is 18.2 Å². The first-order valence-electron chi connectivity index (χ1n) is 3.85. The average molecular weight is 184 g/mol. The lowest BCUT2D eigenvalue weighted by Crippen LogP contribution is -2.03. The zero-order valence-corrected chi connectivity index (χ0v) is 7.36. The zero-order chi connectivity index (χ0) is 10.3. The van der Waals surface area contributed by atoms with E-state index in [0.717, 1.165) is 0 Å². The summed E-state index contributed by atoms with van der Waals surface area (Å²) in [6.07, 6.45) is 4.56. The first-order chi connectivity index (χ1) is 6.07. The molecule has 0 aromatic heterocycles. The minimum absolute atomic E-state index is 0.0506. The molecular formula is C9H12O4. The van der Waals surface area contributed by atoms with Crippen molar-refractivity contribution in [2.45, 2.75) is 19.8 Å². The standard InChI is InChI=1S/C9H12O4/c1-2-3-4-7(9(12)13)5-6-8(10)11/h2-4H,5-6H2,1H3,(H,10,11)(H,12,13). The molecule has 13 heavy (non-hydrogen) atoms. The molecule has 0 unspecified atom stereocenters. The predicted molar refractivity (Wildman–Crippen MR) is 47.4 cm³/mol. The minimum Gasteiger partial charge on any atom is -0.481 e. The molecule has 2 N–H and O–H groups in total. The average Bonchev–Trinajstić information content (AvgIpc) is 2.03. The van der Waals surface area contributed by atoms with Crippen LogP contribution in [0.1, 0.15) is 19.8 Å². The largest absolute Gasteiger partial charge is 0.481 e. The van der Waals surface area contributed by atoms with Crippen LogP contribution in [0.2, 0.25) is 0 Å². The van der Waals surface area contributed by atoms with Crippen LogP contribution >= 0.6 is 0 Å². The van der Waals surface area contributed by atoms with Crippen LogP contribution in [0.25, 0.3) is 0 Å². The maximum atomic E-state index is 10.5. The maximum Gasteiger partial charge on any atom is 0.331 e. The molecule has 0 saturated carbocycles. The normalized spacial score (nSPS) is 11.9. The lowest BCUT2D eigenvalue weighted by Gasteiger charge is -1.97. The van der Waals surface area contributed by atoms with Crippen molar-refractivity contribution in [3.63, 3.8) is 0 Å². The van der Waals surface area contributed by atoms with Gasteiger partial charge in [-0.3, -0.25) is 4.79 Å². The summed E-state index contributed by atoms with van der Waals surface area (Å²) >= 11 is 0. The third-order valence-corrected chi connectivity index (χ3v) is 1.37. The molecule has 0 heterocycles. The molecule has 72 valence electrons. The number of carboxylic acid groups (broad SMARTS) is 2. The van der Waals surface area contributed by atoms with E-state index in [0.29, 0.717) is 0 Å². The summed E-state index contributed by atoms with van der Waals surface area (Å²) in [5, 5.41) is 16.9. The summed E-state index contributed by atoms with van der Waals surface area (Å²) in [6, 6.07) is 0. The Bertz CT molecular complexity index is 250. The van der Waals surface area contributed by atoms with E-state index in [1.807, 2.05) is 0 Å². The molecule has 0 aliphatic carbocycles. The number of hydrogen-bond donors (Lipinski definition) is 2. The number of hydrogen-bond acceptors (Lipinski definition) is 2. The van der Waals surface area contributed by atoms with Crippen molar-refractivity contribution in [1.29, 1.82) is 0 Å². The van der Waals surface area contributed by atoms with Gasteiger partial charge in [0.15, 0.2) is 0 Å². The van der Waals surface area contributed by atoms with Gasteiger partial charge in [-0.05, 0) is 13.3 Å². The molecule has 0 aromatic carbocycles. The van der Waals surface area contributed by atoms with Crippen molar-refractivity contribution in [2.24, 2.45) is 0 Å². The van der Waals surface area contributed by atoms with Crippen LogP contribution in [0.15, 0.2) is 23.8 Å². The van der Waals surface area contributed by atoms with Gasteiger partial charge in [0.1, 0.15) is 0 Å². The number of rotatable bonds is 5. The van der Waals surface area contributed by atoms with E-state index in [1.165, 1.54) is 6.08 Å². The van der Waals surface area contributed by atoms with Crippen LogP contribution in [-0.2, 0) is 9.59 Å². The first kappa shape index (κ1) is 11.4. The lowest BCUT2D eigenvalue weighted by atomic mass is 10.1. The fraction of sp³-hybridized carbons (Fsp3) is 0.333. The molecule has 0 bridgehead atoms. The fourth-order valence-electron chi connectivity index (χ4n) is 0.716. The maximum absolute atomic E-state index is 10.5. The van der Waals surface area contributed by atoms with E-state index in [4.69, 9.17) is 10.2 Å². The molecule has 0 aromatic rings. The Hall–Kier alpha value is -1.58. The summed E-state index contributed by atoms with van der Waals surface area (Å²) in [4.78, 5) is 20.7. The Balaban J connectivity index is 4.27. The summed E-state index contributed by atoms with van der Waals surface area (Å²) in [5.74, 6) is -2.06. The van der Waals surface area contributed by atoms with Crippen LogP contribution in [0.4, 0.5) is 0 Å². The molecule has 0 atom stereocenters. The molecule has 4 nitrogen and oxygen atoms in total. The summed E-state index contributed by atoms with van der Waals surface area (Å²) in [5.41, 5.74) is 0.112. The molecule has 4 heteroatoms. The number of carboxylic acids is 2. The van der Waals surface area contributed by atoms with E-state index in [1.54, 1.807) is 19.1 Å². The Morgan fingerprint density at radius 2 is 1.85 bits per heavy atom. The van der Waals surface area contributed by atoms with E-state index in [9.17, 15) is 9.59 Å². The van der Waals surface area contributed by atoms with Crippen molar-refractivity contribution in [2.75, 3.05) is 0 Å². The second-order valence-electron chi connectivity index (χ2n) is 2.42. The quantitative estimate of drug-likeness (QED) is 0.500. The van der Waals surface area contributed by atoms with Crippen molar-refractivity contribution >= 4 is 11.9 Å². The number of aliphatic carboxylic acids is 2. The molecule has 0 fully saturated rings.